The number of rotatable bonds is 5. The highest BCUT2D eigenvalue weighted by Gasteiger charge is 2.53. The Morgan fingerprint density at radius 2 is 1.97 bits per heavy atom. The van der Waals surface area contributed by atoms with Crippen molar-refractivity contribution < 1.29 is 13.9 Å². The second kappa shape index (κ2) is 7.89. The van der Waals surface area contributed by atoms with E-state index in [1.54, 1.807) is 30.5 Å². The van der Waals surface area contributed by atoms with Crippen molar-refractivity contribution in [1.82, 2.24) is 19.9 Å². The Bertz CT molecular complexity index is 1110. The van der Waals surface area contributed by atoms with E-state index in [4.69, 9.17) is 16.3 Å². The Morgan fingerprint density at radius 1 is 1.16 bits per heavy atom. The van der Waals surface area contributed by atoms with E-state index in [1.165, 1.54) is 0 Å². The van der Waals surface area contributed by atoms with Crippen LogP contribution < -0.4 is 4.74 Å². The number of carbonyl (C=O) groups excluding carboxylic acids is 1. The summed E-state index contributed by atoms with van der Waals surface area (Å²) in [5, 5.41) is 0.545. The average Bonchev–Trinajstić information content (AvgIpc) is 3.38. The van der Waals surface area contributed by atoms with E-state index in [9.17, 15) is 9.18 Å². The smallest absolute Gasteiger partial charge is 0.255 e. The lowest BCUT2D eigenvalue weighted by molar-refractivity contribution is 0.0395. The fraction of sp³-hybridized carbons (Fsp3) is 0.304. The minimum Gasteiger partial charge on any atom is -0.475 e. The van der Waals surface area contributed by atoms with Gasteiger partial charge in [-0.05, 0) is 37.3 Å². The number of hydrogen-bond donors (Lipinski definition) is 0. The zero-order valence-corrected chi connectivity index (χ0v) is 17.4. The molecule has 3 aromatic rings. The van der Waals surface area contributed by atoms with Crippen molar-refractivity contribution in [3.05, 3.63) is 71.4 Å². The summed E-state index contributed by atoms with van der Waals surface area (Å²) >= 11 is 5.90. The van der Waals surface area contributed by atoms with Gasteiger partial charge in [0.25, 0.3) is 5.91 Å². The van der Waals surface area contributed by atoms with Crippen LogP contribution in [0.3, 0.4) is 0 Å². The van der Waals surface area contributed by atoms with Crippen molar-refractivity contribution >= 4 is 17.5 Å². The molecule has 1 aliphatic heterocycles. The maximum absolute atomic E-state index is 13.7. The van der Waals surface area contributed by atoms with Crippen LogP contribution in [0.15, 0.2) is 55.0 Å². The topological polar surface area (TPSA) is 68.2 Å². The van der Waals surface area contributed by atoms with Crippen LogP contribution >= 0.6 is 11.6 Å². The predicted octanol–water partition coefficient (Wildman–Crippen LogP) is 4.40. The summed E-state index contributed by atoms with van der Waals surface area (Å²) in [6.07, 6.45) is 6.62. The molecular formula is C23H20ClFN4O2. The number of piperidine rings is 1. The monoisotopic (exact) mass is 438 g/mol. The zero-order valence-electron chi connectivity index (χ0n) is 16.7. The van der Waals surface area contributed by atoms with Crippen molar-refractivity contribution in [3.8, 4) is 17.3 Å². The highest BCUT2D eigenvalue weighted by molar-refractivity contribution is 6.30. The first-order chi connectivity index (χ1) is 15.0. The number of hydrogen-bond acceptors (Lipinski definition) is 5. The van der Waals surface area contributed by atoms with Crippen LogP contribution in [0.25, 0.3) is 11.4 Å². The first-order valence-electron chi connectivity index (χ1n) is 10.2. The fourth-order valence-corrected chi connectivity index (χ4v) is 4.80. The second-order valence-electron chi connectivity index (χ2n) is 8.12. The van der Waals surface area contributed by atoms with Crippen molar-refractivity contribution in [1.29, 1.82) is 0 Å². The lowest BCUT2D eigenvalue weighted by atomic mass is 9.96. The van der Waals surface area contributed by atoms with Gasteiger partial charge in [-0.25, -0.2) is 19.3 Å². The van der Waals surface area contributed by atoms with Gasteiger partial charge >= 0.3 is 0 Å². The molecule has 1 aliphatic carbocycles. The first-order valence-corrected chi connectivity index (χ1v) is 10.6. The summed E-state index contributed by atoms with van der Waals surface area (Å²) in [6, 6.07) is 10.7. The van der Waals surface area contributed by atoms with Crippen LogP contribution in [-0.2, 0) is 0 Å². The van der Waals surface area contributed by atoms with Gasteiger partial charge in [0.05, 0.1) is 28.5 Å². The third-order valence-electron chi connectivity index (χ3n) is 6.15. The largest absolute Gasteiger partial charge is 0.475 e. The predicted molar refractivity (Wildman–Crippen MR) is 113 cm³/mol. The molecule has 158 valence electrons. The highest BCUT2D eigenvalue weighted by Crippen LogP contribution is 2.47. The quantitative estimate of drug-likeness (QED) is 0.590. The molecule has 2 bridgehead atoms. The van der Waals surface area contributed by atoms with Gasteiger partial charge in [-0.15, -0.1) is 0 Å². The summed E-state index contributed by atoms with van der Waals surface area (Å²) < 4.78 is 19.3. The Kier molecular flexibility index (Phi) is 5.06. The molecule has 2 unspecified atom stereocenters. The molecule has 0 spiro atoms. The number of aromatic nitrogens is 3. The third kappa shape index (κ3) is 3.74. The van der Waals surface area contributed by atoms with Crippen molar-refractivity contribution in [2.24, 2.45) is 5.92 Å². The van der Waals surface area contributed by atoms with Gasteiger partial charge in [-0.2, -0.15) is 0 Å². The molecule has 1 saturated carbocycles. The number of pyridine rings is 1. The van der Waals surface area contributed by atoms with Crippen LogP contribution in [0.5, 0.6) is 5.88 Å². The molecular weight excluding hydrogens is 419 g/mol. The Balaban J connectivity index is 1.42. The number of nitrogens with zero attached hydrogens (tertiary/aromatic N) is 4. The molecule has 3 heterocycles. The first kappa shape index (κ1) is 19.9. The lowest BCUT2D eigenvalue weighted by Crippen LogP contribution is -2.52. The van der Waals surface area contributed by atoms with Crippen LogP contribution in [0.2, 0.25) is 5.02 Å². The second-order valence-corrected chi connectivity index (χ2v) is 8.56. The van der Waals surface area contributed by atoms with Gasteiger partial charge in [0.2, 0.25) is 5.88 Å². The Morgan fingerprint density at radius 3 is 2.71 bits per heavy atom. The highest BCUT2D eigenvalue weighted by atomic mass is 35.5. The van der Waals surface area contributed by atoms with E-state index in [0.717, 1.165) is 31.7 Å². The summed E-state index contributed by atoms with van der Waals surface area (Å²) in [4.78, 5) is 27.9. The number of halogens is 2. The molecule has 0 N–H and O–H groups in total. The molecule has 1 aromatic carbocycles. The maximum Gasteiger partial charge on any atom is 0.255 e. The summed E-state index contributed by atoms with van der Waals surface area (Å²) in [7, 11) is 0. The van der Waals surface area contributed by atoms with Gasteiger partial charge < -0.3 is 9.64 Å². The van der Waals surface area contributed by atoms with E-state index >= 15 is 0 Å². The normalized spacial score (nSPS) is 22.0. The summed E-state index contributed by atoms with van der Waals surface area (Å²) in [6.45, 7) is 1.06. The van der Waals surface area contributed by atoms with E-state index in [-0.39, 0.29) is 11.4 Å². The SMILES string of the molecule is O=C(c1ccccc1-c1ncc(F)cn1)N1CC2CCC1(COc1ccc(Cl)cn1)C2. The minimum absolute atomic E-state index is 0.0848. The number of ether oxygens (including phenoxy) is 1. The third-order valence-corrected chi connectivity index (χ3v) is 6.38. The number of fused-ring (bicyclic) bond motifs is 2. The number of likely N-dealkylation sites (tertiary alicyclic amines) is 1. The molecule has 2 fully saturated rings. The number of benzene rings is 1. The van der Waals surface area contributed by atoms with Crippen molar-refractivity contribution in [2.45, 2.75) is 24.8 Å². The summed E-state index contributed by atoms with van der Waals surface area (Å²) in [5.41, 5.74) is 0.719. The molecule has 2 aliphatic rings. The number of amides is 1. The zero-order chi connectivity index (χ0) is 21.4. The molecule has 2 aromatic heterocycles. The van der Waals surface area contributed by atoms with E-state index in [0.29, 0.717) is 46.9 Å². The van der Waals surface area contributed by atoms with Crippen molar-refractivity contribution in [3.63, 3.8) is 0 Å². The van der Waals surface area contributed by atoms with E-state index in [1.807, 2.05) is 17.0 Å². The standard InChI is InChI=1S/C23H20ClFN4O2/c24-16-5-6-20(26-10-16)31-14-23-8-7-15(9-23)13-29(23)22(30)19-4-2-1-3-18(19)21-27-11-17(25)12-28-21/h1-6,10-12,15H,7-9,13-14H2. The van der Waals surface area contributed by atoms with E-state index < -0.39 is 5.82 Å². The summed E-state index contributed by atoms with van der Waals surface area (Å²) in [5.74, 6) is 0.668. The molecule has 0 radical (unpaired) electrons. The molecule has 8 heteroatoms. The lowest BCUT2D eigenvalue weighted by Gasteiger charge is -2.38. The number of carbonyl (C=O) groups is 1. The van der Waals surface area contributed by atoms with Gasteiger partial charge in [0.1, 0.15) is 6.61 Å². The molecule has 31 heavy (non-hydrogen) atoms. The molecule has 1 saturated heterocycles. The average molecular weight is 439 g/mol. The van der Waals surface area contributed by atoms with E-state index in [2.05, 4.69) is 15.0 Å². The molecule has 2 atom stereocenters. The van der Waals surface area contributed by atoms with Crippen LogP contribution in [-0.4, -0.2) is 44.4 Å². The van der Waals surface area contributed by atoms with Crippen LogP contribution in [0.4, 0.5) is 4.39 Å². The maximum atomic E-state index is 13.7. The molecule has 1 amide bonds. The Hall–Kier alpha value is -3.06. The van der Waals surface area contributed by atoms with Gasteiger partial charge in [0.15, 0.2) is 11.6 Å². The molecule has 6 nitrogen and oxygen atoms in total. The molecule has 5 rings (SSSR count). The fourth-order valence-electron chi connectivity index (χ4n) is 4.69. The van der Waals surface area contributed by atoms with Gasteiger partial charge in [-0.1, -0.05) is 29.8 Å². The Labute approximate surface area is 184 Å². The van der Waals surface area contributed by atoms with Gasteiger partial charge in [0, 0.05) is 24.4 Å². The minimum atomic E-state index is -0.517. The van der Waals surface area contributed by atoms with Gasteiger partial charge in [-0.3, -0.25) is 4.79 Å². The van der Waals surface area contributed by atoms with Crippen LogP contribution in [0, 0.1) is 11.7 Å². The van der Waals surface area contributed by atoms with Crippen LogP contribution in [0.1, 0.15) is 29.6 Å². The van der Waals surface area contributed by atoms with Crippen molar-refractivity contribution in [2.75, 3.05) is 13.2 Å².